The van der Waals surface area contributed by atoms with Crippen molar-refractivity contribution in [3.63, 3.8) is 0 Å². The minimum Gasteiger partial charge on any atom is -0.159 e. The summed E-state index contributed by atoms with van der Waals surface area (Å²) < 4.78 is 0. The molecule has 3 aromatic rings. The highest BCUT2D eigenvalue weighted by Gasteiger charge is 2.24. The van der Waals surface area contributed by atoms with Gasteiger partial charge in [-0.25, -0.2) is 0 Å². The molecule has 0 spiro atoms. The van der Waals surface area contributed by atoms with Crippen LogP contribution in [0.25, 0.3) is 0 Å². The van der Waals surface area contributed by atoms with Crippen molar-refractivity contribution in [1.29, 1.82) is 0 Å². The molecule has 142 valence electrons. The van der Waals surface area contributed by atoms with E-state index < -0.39 is 0 Å². The monoisotopic (exact) mass is 386 g/mol. The van der Waals surface area contributed by atoms with Gasteiger partial charge in [-0.3, -0.25) is 0 Å². The Labute approximate surface area is 172 Å². The highest BCUT2D eigenvalue weighted by molar-refractivity contribution is 7.99. The molecule has 0 bridgehead atoms. The molecule has 2 nitrogen and oxygen atoms in total. The lowest BCUT2D eigenvalue weighted by atomic mass is 9.77. The summed E-state index contributed by atoms with van der Waals surface area (Å²) in [7, 11) is 0. The van der Waals surface area contributed by atoms with E-state index in [4.69, 9.17) is 0 Å². The Morgan fingerprint density at radius 2 is 1.50 bits per heavy atom. The maximum atomic E-state index is 4.50. The summed E-state index contributed by atoms with van der Waals surface area (Å²) in [5, 5.41) is 8.91. The van der Waals surface area contributed by atoms with Gasteiger partial charge in [-0.05, 0) is 54.8 Å². The number of allylic oxidation sites excluding steroid dienone is 1. The van der Waals surface area contributed by atoms with E-state index in [9.17, 15) is 0 Å². The predicted molar refractivity (Wildman–Crippen MR) is 119 cm³/mol. The van der Waals surface area contributed by atoms with Crippen molar-refractivity contribution < 1.29 is 0 Å². The number of rotatable bonds is 6. The zero-order valence-corrected chi connectivity index (χ0v) is 17.7. The topological polar surface area (TPSA) is 24.7 Å². The summed E-state index contributed by atoms with van der Waals surface area (Å²) >= 11 is 1.70. The van der Waals surface area contributed by atoms with Gasteiger partial charge < -0.3 is 0 Å². The van der Waals surface area contributed by atoms with Crippen molar-refractivity contribution in [2.45, 2.75) is 42.9 Å². The second-order valence-electron chi connectivity index (χ2n) is 7.35. The highest BCUT2D eigenvalue weighted by atomic mass is 32.2. The van der Waals surface area contributed by atoms with Crippen LogP contribution in [-0.2, 0) is 5.41 Å². The molecule has 3 heteroatoms. The fraction of sp³-hybridized carbons (Fsp3) is 0.200. The minimum absolute atomic E-state index is 0.0946. The first-order valence-electron chi connectivity index (χ1n) is 9.44. The first-order valence-corrected chi connectivity index (χ1v) is 10.3. The van der Waals surface area contributed by atoms with Crippen LogP contribution in [0.15, 0.2) is 111 Å². The Morgan fingerprint density at radius 1 is 0.857 bits per heavy atom. The molecular formula is C25H26N2S. The maximum absolute atomic E-state index is 4.50. The summed E-state index contributed by atoms with van der Waals surface area (Å²) in [6, 6.07) is 27.0. The van der Waals surface area contributed by atoms with Crippen molar-refractivity contribution in [1.82, 2.24) is 0 Å². The van der Waals surface area contributed by atoms with E-state index in [1.807, 2.05) is 42.6 Å². The maximum Gasteiger partial charge on any atom is 0.0996 e. The lowest BCUT2D eigenvalue weighted by molar-refractivity contribution is 0.616. The van der Waals surface area contributed by atoms with Gasteiger partial charge in [0.1, 0.15) is 0 Å². The molecule has 28 heavy (non-hydrogen) atoms. The molecule has 0 heterocycles. The Morgan fingerprint density at radius 3 is 2.25 bits per heavy atom. The SMILES string of the molecule is C/C(=C/N=Nc1ccccc1Sc1ccccc1)C(C)(C)c1ccccc1C. The first-order chi connectivity index (χ1) is 13.5. The summed E-state index contributed by atoms with van der Waals surface area (Å²) in [4.78, 5) is 2.29. The summed E-state index contributed by atoms with van der Waals surface area (Å²) in [5.41, 5.74) is 4.58. The van der Waals surface area contributed by atoms with E-state index >= 15 is 0 Å². The predicted octanol–water partition coefficient (Wildman–Crippen LogP) is 8.11. The Kier molecular flexibility index (Phi) is 6.48. The van der Waals surface area contributed by atoms with E-state index in [0.29, 0.717) is 0 Å². The van der Waals surface area contributed by atoms with E-state index in [-0.39, 0.29) is 5.41 Å². The quantitative estimate of drug-likeness (QED) is 0.393. The fourth-order valence-electron chi connectivity index (χ4n) is 3.07. The van der Waals surface area contributed by atoms with E-state index in [0.717, 1.165) is 10.6 Å². The summed E-state index contributed by atoms with van der Waals surface area (Å²) in [6.45, 7) is 8.74. The number of hydrogen-bond donors (Lipinski definition) is 0. The van der Waals surface area contributed by atoms with Crippen LogP contribution in [0, 0.1) is 6.92 Å². The van der Waals surface area contributed by atoms with Crippen molar-refractivity contribution in [3.8, 4) is 0 Å². The van der Waals surface area contributed by atoms with Crippen LogP contribution in [0.5, 0.6) is 0 Å². The second-order valence-corrected chi connectivity index (χ2v) is 8.47. The average molecular weight is 387 g/mol. The van der Waals surface area contributed by atoms with Gasteiger partial charge in [0.15, 0.2) is 0 Å². The molecule has 0 aliphatic rings. The van der Waals surface area contributed by atoms with Crippen LogP contribution >= 0.6 is 11.8 Å². The molecule has 0 aliphatic carbocycles. The Bertz CT molecular complexity index is 988. The zero-order chi connectivity index (χ0) is 20.0. The van der Waals surface area contributed by atoms with Crippen molar-refractivity contribution in [2.75, 3.05) is 0 Å². The van der Waals surface area contributed by atoms with Gasteiger partial charge in [-0.2, -0.15) is 5.11 Å². The average Bonchev–Trinajstić information content (AvgIpc) is 2.70. The van der Waals surface area contributed by atoms with Gasteiger partial charge in [-0.1, -0.05) is 80.2 Å². The number of azo groups is 1. The van der Waals surface area contributed by atoms with Gasteiger partial charge in [0.2, 0.25) is 0 Å². The normalized spacial score (nSPS) is 12.5. The summed E-state index contributed by atoms with van der Waals surface area (Å²) in [5.74, 6) is 0. The van der Waals surface area contributed by atoms with E-state index in [1.54, 1.807) is 11.8 Å². The molecule has 0 radical (unpaired) electrons. The second kappa shape index (κ2) is 9.03. The van der Waals surface area contributed by atoms with Gasteiger partial charge in [0, 0.05) is 21.4 Å². The van der Waals surface area contributed by atoms with Gasteiger partial charge in [0.25, 0.3) is 0 Å². The van der Waals surface area contributed by atoms with Crippen molar-refractivity contribution in [2.24, 2.45) is 10.2 Å². The number of nitrogens with zero attached hydrogens (tertiary/aromatic N) is 2. The zero-order valence-electron chi connectivity index (χ0n) is 16.9. The largest absolute Gasteiger partial charge is 0.159 e. The van der Waals surface area contributed by atoms with Crippen molar-refractivity contribution in [3.05, 3.63) is 102 Å². The molecule has 0 atom stereocenters. The third kappa shape index (κ3) is 4.79. The minimum atomic E-state index is -0.0946. The van der Waals surface area contributed by atoms with Gasteiger partial charge >= 0.3 is 0 Å². The molecule has 0 amide bonds. The number of hydrogen-bond acceptors (Lipinski definition) is 3. The van der Waals surface area contributed by atoms with Crippen LogP contribution in [0.3, 0.4) is 0 Å². The van der Waals surface area contributed by atoms with Gasteiger partial charge in [0.05, 0.1) is 5.69 Å². The Hall–Kier alpha value is -2.65. The standard InChI is InChI=1S/C25H26N2S/c1-19-12-8-9-15-22(19)25(3,4)20(2)18-26-27-23-16-10-11-17-24(23)28-21-13-6-5-7-14-21/h5-18H,1-4H3/b20-18-,27-26?. The first kappa shape index (κ1) is 20.1. The fourth-order valence-corrected chi connectivity index (χ4v) is 3.97. The molecule has 0 aromatic heterocycles. The van der Waals surface area contributed by atoms with Crippen LogP contribution in [-0.4, -0.2) is 0 Å². The molecule has 0 N–H and O–H groups in total. The smallest absolute Gasteiger partial charge is 0.0996 e. The third-order valence-electron chi connectivity index (χ3n) is 5.06. The lowest BCUT2D eigenvalue weighted by Gasteiger charge is -2.27. The molecule has 0 unspecified atom stereocenters. The number of benzene rings is 3. The highest BCUT2D eigenvalue weighted by Crippen LogP contribution is 2.36. The summed E-state index contributed by atoms with van der Waals surface area (Å²) in [6.07, 6.45) is 1.89. The molecule has 0 aliphatic heterocycles. The molecule has 0 saturated carbocycles. The molecule has 0 fully saturated rings. The van der Waals surface area contributed by atoms with E-state index in [2.05, 4.69) is 80.4 Å². The van der Waals surface area contributed by atoms with Crippen LogP contribution in [0.1, 0.15) is 31.9 Å². The van der Waals surface area contributed by atoms with Crippen molar-refractivity contribution >= 4 is 17.4 Å². The van der Waals surface area contributed by atoms with Crippen LogP contribution in [0.4, 0.5) is 5.69 Å². The van der Waals surface area contributed by atoms with Gasteiger partial charge in [-0.15, -0.1) is 5.11 Å². The van der Waals surface area contributed by atoms with Crippen LogP contribution in [0.2, 0.25) is 0 Å². The number of aryl methyl sites for hydroxylation is 1. The molecular weight excluding hydrogens is 360 g/mol. The van der Waals surface area contributed by atoms with E-state index in [1.165, 1.54) is 21.6 Å². The Balaban J connectivity index is 1.81. The molecule has 0 saturated heterocycles. The molecule has 3 rings (SSSR count). The van der Waals surface area contributed by atoms with Crippen LogP contribution < -0.4 is 0 Å². The third-order valence-corrected chi connectivity index (χ3v) is 6.13. The lowest BCUT2D eigenvalue weighted by Crippen LogP contribution is -2.19. The molecule has 3 aromatic carbocycles.